The van der Waals surface area contributed by atoms with E-state index in [1.54, 1.807) is 23.4 Å². The maximum absolute atomic E-state index is 12.4. The summed E-state index contributed by atoms with van der Waals surface area (Å²) in [6.07, 6.45) is 3.00. The zero-order chi connectivity index (χ0) is 16.6. The number of amides is 1. The second kappa shape index (κ2) is 6.89. The summed E-state index contributed by atoms with van der Waals surface area (Å²) in [5.41, 5.74) is 0.915. The summed E-state index contributed by atoms with van der Waals surface area (Å²) < 4.78 is 1.58. The van der Waals surface area contributed by atoms with Crippen LogP contribution in [-0.2, 0) is 18.3 Å². The van der Waals surface area contributed by atoms with Gasteiger partial charge in [0.05, 0.1) is 16.3 Å². The fraction of sp³-hybridized carbons (Fsp3) is 0.688. The standard InChI is InChI=1S/C16H23N3O2S2/c1-10-4-6-19(7-5-10)13(20)9-22-16-17-12-8-11(2)23-14(12)15(21)18(16)3/h10-11H,4-9H2,1-3H3. The first-order chi connectivity index (χ1) is 11.0. The smallest absolute Gasteiger partial charge is 0.267 e. The van der Waals surface area contributed by atoms with Crippen LogP contribution in [0.25, 0.3) is 0 Å². The monoisotopic (exact) mass is 353 g/mol. The molecule has 2 aliphatic heterocycles. The van der Waals surface area contributed by atoms with Crippen LogP contribution >= 0.6 is 23.5 Å². The first-order valence-corrected chi connectivity index (χ1v) is 9.99. The van der Waals surface area contributed by atoms with E-state index in [2.05, 4.69) is 18.8 Å². The molecule has 1 unspecified atom stereocenters. The minimum absolute atomic E-state index is 0.0195. The Morgan fingerprint density at radius 1 is 1.35 bits per heavy atom. The average molecular weight is 354 g/mol. The lowest BCUT2D eigenvalue weighted by molar-refractivity contribution is -0.129. The van der Waals surface area contributed by atoms with Crippen molar-refractivity contribution in [3.05, 3.63) is 16.0 Å². The maximum Gasteiger partial charge on any atom is 0.267 e. The molecule has 1 aromatic heterocycles. The van der Waals surface area contributed by atoms with Gasteiger partial charge in [0.1, 0.15) is 0 Å². The fourth-order valence-corrected chi connectivity index (χ4v) is 5.01. The number of piperidine rings is 1. The molecule has 1 amide bonds. The zero-order valence-electron chi connectivity index (χ0n) is 13.9. The Balaban J connectivity index is 1.67. The molecule has 126 valence electrons. The maximum atomic E-state index is 12.4. The molecular formula is C16H23N3O2S2. The molecule has 23 heavy (non-hydrogen) atoms. The van der Waals surface area contributed by atoms with Crippen molar-refractivity contribution in [2.45, 2.75) is 48.4 Å². The van der Waals surface area contributed by atoms with Crippen molar-refractivity contribution in [1.29, 1.82) is 0 Å². The van der Waals surface area contributed by atoms with E-state index in [-0.39, 0.29) is 11.5 Å². The minimum Gasteiger partial charge on any atom is -0.342 e. The third-order valence-electron chi connectivity index (χ3n) is 4.54. The number of rotatable bonds is 3. The van der Waals surface area contributed by atoms with Crippen LogP contribution in [0.4, 0.5) is 0 Å². The van der Waals surface area contributed by atoms with Crippen LogP contribution in [0.1, 0.15) is 32.4 Å². The fourth-order valence-electron chi connectivity index (χ4n) is 2.98. The number of hydrogen-bond acceptors (Lipinski definition) is 5. The van der Waals surface area contributed by atoms with Crippen molar-refractivity contribution in [2.24, 2.45) is 13.0 Å². The van der Waals surface area contributed by atoms with Gasteiger partial charge < -0.3 is 4.90 Å². The Bertz CT molecular complexity index is 666. The Morgan fingerprint density at radius 3 is 2.74 bits per heavy atom. The number of carbonyl (C=O) groups excluding carboxylic acids is 1. The third-order valence-corrected chi connectivity index (χ3v) is 6.77. The molecule has 5 nitrogen and oxygen atoms in total. The van der Waals surface area contributed by atoms with Crippen molar-refractivity contribution in [3.63, 3.8) is 0 Å². The summed E-state index contributed by atoms with van der Waals surface area (Å²) in [5.74, 6) is 1.22. The average Bonchev–Trinajstić information content (AvgIpc) is 2.90. The molecule has 2 aliphatic rings. The van der Waals surface area contributed by atoms with Crippen LogP contribution in [0.5, 0.6) is 0 Å². The summed E-state index contributed by atoms with van der Waals surface area (Å²) in [5, 5.41) is 1.06. The van der Waals surface area contributed by atoms with Gasteiger partial charge in [-0.3, -0.25) is 14.2 Å². The zero-order valence-corrected chi connectivity index (χ0v) is 15.5. The van der Waals surface area contributed by atoms with Crippen LogP contribution in [0.2, 0.25) is 0 Å². The third kappa shape index (κ3) is 3.60. The van der Waals surface area contributed by atoms with Gasteiger partial charge in [0.2, 0.25) is 5.91 Å². The Kier molecular flexibility index (Phi) is 5.06. The van der Waals surface area contributed by atoms with E-state index in [1.165, 1.54) is 11.8 Å². The van der Waals surface area contributed by atoms with Gasteiger partial charge in [-0.2, -0.15) is 0 Å². The molecule has 1 atom stereocenters. The summed E-state index contributed by atoms with van der Waals surface area (Å²) in [4.78, 5) is 32.1. The number of thioether (sulfide) groups is 2. The molecule has 0 N–H and O–H groups in total. The highest BCUT2D eigenvalue weighted by Crippen LogP contribution is 2.34. The van der Waals surface area contributed by atoms with Crippen LogP contribution in [-0.4, -0.2) is 44.5 Å². The molecule has 0 aliphatic carbocycles. The first kappa shape index (κ1) is 16.9. The Morgan fingerprint density at radius 2 is 2.04 bits per heavy atom. The summed E-state index contributed by atoms with van der Waals surface area (Å²) in [6.45, 7) is 6.05. The van der Waals surface area contributed by atoms with Crippen LogP contribution in [0.3, 0.4) is 0 Å². The molecule has 1 saturated heterocycles. The van der Waals surface area contributed by atoms with Gasteiger partial charge in [-0.1, -0.05) is 25.6 Å². The largest absolute Gasteiger partial charge is 0.342 e. The van der Waals surface area contributed by atoms with E-state index in [0.717, 1.165) is 42.9 Å². The Labute approximate surface area is 145 Å². The molecule has 1 fully saturated rings. The van der Waals surface area contributed by atoms with E-state index in [9.17, 15) is 9.59 Å². The van der Waals surface area contributed by atoms with Gasteiger partial charge in [0.25, 0.3) is 5.56 Å². The molecule has 0 radical (unpaired) electrons. The van der Waals surface area contributed by atoms with E-state index >= 15 is 0 Å². The molecule has 1 aromatic rings. The summed E-state index contributed by atoms with van der Waals surface area (Å²) in [7, 11) is 1.74. The molecular weight excluding hydrogens is 330 g/mol. The van der Waals surface area contributed by atoms with Gasteiger partial charge in [-0.15, -0.1) is 11.8 Å². The molecule has 0 spiro atoms. The van der Waals surface area contributed by atoms with Gasteiger partial charge >= 0.3 is 0 Å². The van der Waals surface area contributed by atoms with Gasteiger partial charge in [0, 0.05) is 31.8 Å². The van der Waals surface area contributed by atoms with Crippen molar-refractivity contribution in [2.75, 3.05) is 18.8 Å². The van der Waals surface area contributed by atoms with E-state index in [0.29, 0.717) is 22.1 Å². The summed E-state index contributed by atoms with van der Waals surface area (Å²) >= 11 is 2.99. The number of nitrogens with zero attached hydrogens (tertiary/aromatic N) is 3. The highest BCUT2D eigenvalue weighted by atomic mass is 32.2. The van der Waals surface area contributed by atoms with E-state index in [1.807, 2.05) is 4.90 Å². The van der Waals surface area contributed by atoms with Crippen LogP contribution in [0.15, 0.2) is 14.8 Å². The molecule has 3 rings (SSSR count). The van der Waals surface area contributed by atoms with E-state index in [4.69, 9.17) is 0 Å². The Hall–Kier alpha value is -0.950. The number of likely N-dealkylation sites (tertiary alicyclic amines) is 1. The van der Waals surface area contributed by atoms with Crippen LogP contribution in [0, 0.1) is 5.92 Å². The van der Waals surface area contributed by atoms with Crippen molar-refractivity contribution in [1.82, 2.24) is 14.5 Å². The molecule has 7 heteroatoms. The lowest BCUT2D eigenvalue weighted by Crippen LogP contribution is -2.39. The number of aromatic nitrogens is 2. The number of fused-ring (bicyclic) bond motifs is 1. The topological polar surface area (TPSA) is 55.2 Å². The molecule has 0 saturated carbocycles. The van der Waals surface area contributed by atoms with Crippen molar-refractivity contribution >= 4 is 29.4 Å². The summed E-state index contributed by atoms with van der Waals surface area (Å²) in [6, 6.07) is 0. The van der Waals surface area contributed by atoms with Crippen LogP contribution < -0.4 is 5.56 Å². The predicted molar refractivity (Wildman–Crippen MR) is 94.2 cm³/mol. The SMILES string of the molecule is CC1CCN(C(=O)CSc2nc3c(c(=O)n2C)SC(C)C3)CC1. The van der Waals surface area contributed by atoms with E-state index < -0.39 is 0 Å². The number of carbonyl (C=O) groups is 1. The van der Waals surface area contributed by atoms with Crippen molar-refractivity contribution in [3.8, 4) is 0 Å². The molecule has 0 bridgehead atoms. The first-order valence-electron chi connectivity index (χ1n) is 8.13. The van der Waals surface area contributed by atoms with Gasteiger partial charge in [-0.25, -0.2) is 4.98 Å². The van der Waals surface area contributed by atoms with Gasteiger partial charge in [-0.05, 0) is 18.8 Å². The minimum atomic E-state index is 0.0195. The molecule has 0 aromatic carbocycles. The second-order valence-corrected chi connectivity index (χ2v) is 8.91. The highest BCUT2D eigenvalue weighted by Gasteiger charge is 2.26. The normalized spacial score (nSPS) is 21.5. The highest BCUT2D eigenvalue weighted by molar-refractivity contribution is 8.00. The lowest BCUT2D eigenvalue weighted by atomic mass is 9.99. The second-order valence-electron chi connectivity index (χ2n) is 6.52. The lowest BCUT2D eigenvalue weighted by Gasteiger charge is -2.30. The van der Waals surface area contributed by atoms with Gasteiger partial charge in [0.15, 0.2) is 5.16 Å². The predicted octanol–water partition coefficient (Wildman–Crippen LogP) is 2.17. The number of hydrogen-bond donors (Lipinski definition) is 0. The quantitative estimate of drug-likeness (QED) is 0.616. The van der Waals surface area contributed by atoms with Crippen molar-refractivity contribution < 1.29 is 4.79 Å². The molecule has 3 heterocycles.